The number of hydrogen-bond acceptors (Lipinski definition) is 7. The van der Waals surface area contributed by atoms with E-state index in [0.29, 0.717) is 5.13 Å². The molecule has 21 heavy (non-hydrogen) atoms. The lowest BCUT2D eigenvalue weighted by Gasteiger charge is -2.02. The molecule has 0 radical (unpaired) electrons. The number of rotatable bonds is 4. The number of nitrogens with one attached hydrogen (secondary N) is 1. The van der Waals surface area contributed by atoms with Crippen molar-refractivity contribution in [1.29, 1.82) is 0 Å². The summed E-state index contributed by atoms with van der Waals surface area (Å²) in [6, 6.07) is 5.12. The number of nitrogens with zero attached hydrogens (tertiary/aromatic N) is 1. The molecule has 0 spiro atoms. The number of thiazole rings is 1. The van der Waals surface area contributed by atoms with Crippen LogP contribution in [0.1, 0.15) is 0 Å². The van der Waals surface area contributed by atoms with E-state index >= 15 is 0 Å². The molecule has 2 rings (SSSR count). The molecule has 0 saturated carbocycles. The molecule has 0 aliphatic carbocycles. The molecular formula is C11H13ClN2O4S3. The molecule has 116 valence electrons. The Morgan fingerprint density at radius 3 is 2.00 bits per heavy atom. The lowest BCUT2D eigenvalue weighted by atomic mass is 10.4. The van der Waals surface area contributed by atoms with Gasteiger partial charge in [-0.05, 0) is 24.3 Å². The van der Waals surface area contributed by atoms with Gasteiger partial charge in [0.1, 0.15) is 4.21 Å². The Morgan fingerprint density at radius 1 is 1.05 bits per heavy atom. The highest BCUT2D eigenvalue weighted by molar-refractivity contribution is 7.93. The molecule has 2 aromatic rings. The predicted octanol–water partition coefficient (Wildman–Crippen LogP) is 1.84. The summed E-state index contributed by atoms with van der Waals surface area (Å²) >= 11 is 1.02. The maximum Gasteiger partial charge on any atom is 0.217 e. The lowest BCUT2D eigenvalue weighted by molar-refractivity contribution is 0.595. The predicted molar refractivity (Wildman–Crippen MR) is 83.9 cm³/mol. The second-order valence-corrected chi connectivity index (χ2v) is 9.20. The van der Waals surface area contributed by atoms with Crippen LogP contribution >= 0.6 is 23.7 Å². The van der Waals surface area contributed by atoms with Crippen molar-refractivity contribution in [2.24, 2.45) is 0 Å². The van der Waals surface area contributed by atoms with Gasteiger partial charge in [-0.1, -0.05) is 11.3 Å². The van der Waals surface area contributed by atoms with E-state index in [1.54, 1.807) is 7.05 Å². The zero-order valence-electron chi connectivity index (χ0n) is 11.1. The molecule has 0 aliphatic rings. The molecule has 0 unspecified atom stereocenters. The lowest BCUT2D eigenvalue weighted by Crippen LogP contribution is -2.01. The Labute approximate surface area is 133 Å². The van der Waals surface area contributed by atoms with Crippen LogP contribution in [0, 0.1) is 0 Å². The van der Waals surface area contributed by atoms with Crippen molar-refractivity contribution < 1.29 is 16.8 Å². The average molecular weight is 369 g/mol. The van der Waals surface area contributed by atoms with Crippen LogP contribution < -0.4 is 5.32 Å². The molecule has 1 heterocycles. The standard InChI is InChI=1S/C11H12N2O4S3.ClH/c1-12-11-13-7-10(18-11)20(16,17)9-5-3-8(4-6-9)19(2,14)15;/h3-7H,1-2H3,(H,12,13);1H. The van der Waals surface area contributed by atoms with Crippen molar-refractivity contribution in [3.63, 3.8) is 0 Å². The van der Waals surface area contributed by atoms with Gasteiger partial charge in [0.15, 0.2) is 15.0 Å². The maximum atomic E-state index is 12.3. The highest BCUT2D eigenvalue weighted by atomic mass is 35.5. The van der Waals surface area contributed by atoms with E-state index in [9.17, 15) is 16.8 Å². The molecule has 0 amide bonds. The average Bonchev–Trinajstić information content (AvgIpc) is 2.87. The number of benzene rings is 1. The summed E-state index contributed by atoms with van der Waals surface area (Å²) in [6.45, 7) is 0. The number of anilines is 1. The van der Waals surface area contributed by atoms with Gasteiger partial charge in [0, 0.05) is 13.3 Å². The minimum Gasteiger partial charge on any atom is -0.365 e. The molecule has 1 N–H and O–H groups in total. The van der Waals surface area contributed by atoms with Crippen LogP contribution in [0.25, 0.3) is 0 Å². The van der Waals surface area contributed by atoms with E-state index in [0.717, 1.165) is 17.6 Å². The van der Waals surface area contributed by atoms with Gasteiger partial charge in [-0.2, -0.15) is 0 Å². The van der Waals surface area contributed by atoms with E-state index < -0.39 is 19.7 Å². The number of halogens is 1. The van der Waals surface area contributed by atoms with Crippen molar-refractivity contribution in [1.82, 2.24) is 4.98 Å². The summed E-state index contributed by atoms with van der Waals surface area (Å²) in [5.41, 5.74) is 0. The highest BCUT2D eigenvalue weighted by Crippen LogP contribution is 2.28. The van der Waals surface area contributed by atoms with E-state index in [-0.39, 0.29) is 26.4 Å². The molecule has 1 aromatic heterocycles. The van der Waals surface area contributed by atoms with Crippen molar-refractivity contribution in [2.75, 3.05) is 18.6 Å². The Hall–Kier alpha value is -1.16. The number of hydrogen-bond donors (Lipinski definition) is 1. The van der Waals surface area contributed by atoms with Crippen LogP contribution in [0.15, 0.2) is 44.5 Å². The van der Waals surface area contributed by atoms with Gasteiger partial charge in [0.2, 0.25) is 9.84 Å². The second-order valence-electron chi connectivity index (χ2n) is 3.98. The fourth-order valence-electron chi connectivity index (χ4n) is 1.48. The SMILES string of the molecule is CNc1ncc(S(=O)(=O)c2ccc(S(C)(=O)=O)cc2)s1.Cl. The van der Waals surface area contributed by atoms with Gasteiger partial charge < -0.3 is 5.32 Å². The summed E-state index contributed by atoms with van der Waals surface area (Å²) in [5.74, 6) is 0. The van der Waals surface area contributed by atoms with Gasteiger partial charge in [0.25, 0.3) is 0 Å². The van der Waals surface area contributed by atoms with Gasteiger partial charge in [0.05, 0.1) is 16.0 Å². The molecule has 0 aliphatic heterocycles. The minimum absolute atomic E-state index is 0. The van der Waals surface area contributed by atoms with Gasteiger partial charge in [-0.25, -0.2) is 21.8 Å². The van der Waals surface area contributed by atoms with Crippen molar-refractivity contribution in [2.45, 2.75) is 14.0 Å². The molecule has 0 saturated heterocycles. The molecular weight excluding hydrogens is 356 g/mol. The topological polar surface area (TPSA) is 93.2 Å². The minimum atomic E-state index is -3.67. The smallest absolute Gasteiger partial charge is 0.217 e. The monoisotopic (exact) mass is 368 g/mol. The maximum absolute atomic E-state index is 12.3. The Bertz CT molecular complexity index is 827. The zero-order chi connectivity index (χ0) is 15.0. The molecule has 10 heteroatoms. The third-order valence-corrected chi connectivity index (χ3v) is 6.90. The Kier molecular flexibility index (Phi) is 5.37. The number of sulfone groups is 2. The number of aromatic nitrogens is 1. The summed E-state index contributed by atoms with van der Waals surface area (Å²) in [7, 11) is -5.36. The van der Waals surface area contributed by atoms with Crippen molar-refractivity contribution in [3.8, 4) is 0 Å². The largest absolute Gasteiger partial charge is 0.365 e. The van der Waals surface area contributed by atoms with E-state index in [1.807, 2.05) is 0 Å². The first-order chi connectivity index (χ1) is 9.25. The highest BCUT2D eigenvalue weighted by Gasteiger charge is 2.21. The molecule has 6 nitrogen and oxygen atoms in total. The van der Waals surface area contributed by atoms with Crippen molar-refractivity contribution in [3.05, 3.63) is 30.5 Å². The summed E-state index contributed by atoms with van der Waals surface area (Å²) < 4.78 is 47.4. The van der Waals surface area contributed by atoms with Crippen molar-refractivity contribution >= 4 is 48.5 Å². The van der Waals surface area contributed by atoms with E-state index in [4.69, 9.17) is 0 Å². The van der Waals surface area contributed by atoms with Crippen LogP contribution in [0.2, 0.25) is 0 Å². The van der Waals surface area contributed by atoms with Gasteiger partial charge in [-0.15, -0.1) is 12.4 Å². The fraction of sp³-hybridized carbons (Fsp3) is 0.182. The fourth-order valence-corrected chi connectivity index (χ4v) is 4.50. The molecule has 0 bridgehead atoms. The molecule has 0 fully saturated rings. The quantitative estimate of drug-likeness (QED) is 0.885. The van der Waals surface area contributed by atoms with Gasteiger partial charge >= 0.3 is 0 Å². The first-order valence-corrected chi connectivity index (χ1v) is 9.63. The third kappa shape index (κ3) is 3.73. The first kappa shape index (κ1) is 17.9. The normalized spacial score (nSPS) is 11.7. The summed E-state index contributed by atoms with van der Waals surface area (Å²) in [6.07, 6.45) is 2.34. The summed E-state index contributed by atoms with van der Waals surface area (Å²) in [5, 5.41) is 3.26. The molecule has 0 atom stereocenters. The van der Waals surface area contributed by atoms with Crippen LogP contribution in [-0.2, 0) is 19.7 Å². The van der Waals surface area contributed by atoms with Crippen LogP contribution in [-0.4, -0.2) is 35.1 Å². The second kappa shape index (κ2) is 6.30. The van der Waals surface area contributed by atoms with Crippen LogP contribution in [0.4, 0.5) is 5.13 Å². The third-order valence-electron chi connectivity index (χ3n) is 2.53. The van der Waals surface area contributed by atoms with Crippen LogP contribution in [0.5, 0.6) is 0 Å². The van der Waals surface area contributed by atoms with Gasteiger partial charge in [-0.3, -0.25) is 0 Å². The molecule has 1 aromatic carbocycles. The summed E-state index contributed by atoms with van der Waals surface area (Å²) in [4.78, 5) is 4.03. The van der Waals surface area contributed by atoms with E-state index in [1.165, 1.54) is 30.5 Å². The Balaban J connectivity index is 0.00000220. The zero-order valence-corrected chi connectivity index (χ0v) is 14.4. The first-order valence-electron chi connectivity index (χ1n) is 5.44. The Morgan fingerprint density at radius 2 is 1.57 bits per heavy atom. The van der Waals surface area contributed by atoms with Crippen LogP contribution in [0.3, 0.4) is 0 Å². The van der Waals surface area contributed by atoms with E-state index in [2.05, 4.69) is 10.3 Å².